The first-order chi connectivity index (χ1) is 11.9. The van der Waals surface area contributed by atoms with E-state index in [-0.39, 0.29) is 0 Å². The molecule has 1 aromatic heterocycles. The van der Waals surface area contributed by atoms with Crippen LogP contribution in [0.2, 0.25) is 10.0 Å². The molecule has 1 heterocycles. The van der Waals surface area contributed by atoms with Gasteiger partial charge in [0, 0.05) is 34.8 Å². The number of fused-ring (bicyclic) bond motifs is 1. The lowest BCUT2D eigenvalue weighted by Crippen LogP contribution is -2.13. The highest BCUT2D eigenvalue weighted by Gasteiger charge is 2.12. The molecule has 3 rings (SSSR count). The van der Waals surface area contributed by atoms with E-state index in [0.717, 1.165) is 10.2 Å². The molecule has 5 nitrogen and oxygen atoms in total. The Morgan fingerprint density at radius 3 is 2.24 bits per heavy atom. The normalized spacial score (nSPS) is 11.8. The Morgan fingerprint density at radius 2 is 1.64 bits per heavy atom. The zero-order valence-corrected chi connectivity index (χ0v) is 16.0. The van der Waals surface area contributed by atoms with Crippen LogP contribution >= 0.6 is 34.5 Å². The molecule has 0 saturated carbocycles. The molecule has 0 radical (unpaired) electrons. The van der Waals surface area contributed by atoms with Crippen molar-refractivity contribution in [3.63, 3.8) is 0 Å². The fraction of sp³-hybridized carbons (Fsp3) is 0.176. The van der Waals surface area contributed by atoms with Gasteiger partial charge in [-0.2, -0.15) is 4.99 Å². The zero-order chi connectivity index (χ0) is 18.1. The highest BCUT2D eigenvalue weighted by atomic mass is 35.5. The molecule has 1 amide bonds. The molecular weight excluding hydrogens is 383 g/mol. The van der Waals surface area contributed by atoms with E-state index >= 15 is 0 Å². The van der Waals surface area contributed by atoms with Crippen molar-refractivity contribution in [2.45, 2.75) is 0 Å². The minimum atomic E-state index is -0.412. The summed E-state index contributed by atoms with van der Waals surface area (Å²) in [6.45, 7) is 0. The number of rotatable bonds is 3. The predicted molar refractivity (Wildman–Crippen MR) is 100 cm³/mol. The van der Waals surface area contributed by atoms with E-state index in [1.807, 2.05) is 23.7 Å². The zero-order valence-electron chi connectivity index (χ0n) is 13.7. The highest BCUT2D eigenvalue weighted by Crippen LogP contribution is 2.33. The van der Waals surface area contributed by atoms with E-state index in [0.29, 0.717) is 31.9 Å². The Hall–Kier alpha value is -2.02. The molecule has 0 unspecified atom stereocenters. The Balaban J connectivity index is 2.13. The van der Waals surface area contributed by atoms with Crippen molar-refractivity contribution in [1.29, 1.82) is 0 Å². The third-order valence-corrected chi connectivity index (χ3v) is 5.15. The molecule has 0 atom stereocenters. The van der Waals surface area contributed by atoms with E-state index in [1.165, 1.54) is 11.3 Å². The largest absolute Gasteiger partial charge is 0.493 e. The van der Waals surface area contributed by atoms with Gasteiger partial charge in [0.05, 0.1) is 24.4 Å². The molecule has 0 saturated heterocycles. The number of nitrogens with zero attached hydrogens (tertiary/aromatic N) is 2. The van der Waals surface area contributed by atoms with Crippen LogP contribution in [0.1, 0.15) is 10.4 Å². The number of carbonyl (C=O) groups is 1. The minimum absolute atomic E-state index is 0.338. The number of aromatic nitrogens is 1. The molecule has 2 aromatic carbocycles. The van der Waals surface area contributed by atoms with Crippen LogP contribution < -0.4 is 14.3 Å². The number of benzene rings is 2. The molecule has 0 spiro atoms. The van der Waals surface area contributed by atoms with Crippen LogP contribution in [0.5, 0.6) is 11.5 Å². The SMILES string of the molecule is COc1cc2sc(=NC(=O)c3cc(Cl)cc(Cl)c3)n(C)c2cc1OC. The average Bonchev–Trinajstić information content (AvgIpc) is 2.87. The summed E-state index contributed by atoms with van der Waals surface area (Å²) in [5, 5.41) is 0.780. The molecule has 8 heteroatoms. The van der Waals surface area contributed by atoms with Gasteiger partial charge in [-0.25, -0.2) is 0 Å². The molecular formula is C17H14Cl2N2O3S. The maximum absolute atomic E-state index is 12.5. The molecule has 0 aliphatic carbocycles. The Labute approximate surface area is 158 Å². The van der Waals surface area contributed by atoms with Crippen LogP contribution in [-0.2, 0) is 7.05 Å². The third kappa shape index (κ3) is 3.51. The molecule has 0 bridgehead atoms. The monoisotopic (exact) mass is 396 g/mol. The number of halogens is 2. The van der Waals surface area contributed by atoms with Crippen LogP contribution in [0.4, 0.5) is 0 Å². The molecule has 0 fully saturated rings. The molecule has 25 heavy (non-hydrogen) atoms. The summed E-state index contributed by atoms with van der Waals surface area (Å²) >= 11 is 13.3. The van der Waals surface area contributed by atoms with E-state index in [4.69, 9.17) is 32.7 Å². The number of carbonyl (C=O) groups excluding carboxylic acids is 1. The molecule has 0 aliphatic heterocycles. The first-order valence-corrected chi connectivity index (χ1v) is 8.77. The van der Waals surface area contributed by atoms with Gasteiger partial charge in [0.2, 0.25) is 0 Å². The number of ether oxygens (including phenoxy) is 2. The van der Waals surface area contributed by atoms with Gasteiger partial charge in [-0.1, -0.05) is 34.5 Å². The quantitative estimate of drug-likeness (QED) is 0.662. The number of thiazole rings is 1. The standard InChI is InChI=1S/C17H14Cl2N2O3S/c1-21-12-7-13(23-2)14(24-3)8-15(12)25-17(21)20-16(22)9-4-10(18)6-11(19)5-9/h4-8H,1-3H3. The first-order valence-electron chi connectivity index (χ1n) is 7.19. The maximum Gasteiger partial charge on any atom is 0.279 e. The fourth-order valence-electron chi connectivity index (χ4n) is 2.39. The summed E-state index contributed by atoms with van der Waals surface area (Å²) in [7, 11) is 4.99. The average molecular weight is 397 g/mol. The van der Waals surface area contributed by atoms with Gasteiger partial charge in [-0.05, 0) is 18.2 Å². The second-order valence-electron chi connectivity index (χ2n) is 5.19. The molecule has 0 aliphatic rings. The van der Waals surface area contributed by atoms with Crippen LogP contribution in [0.25, 0.3) is 10.2 Å². The first kappa shape index (κ1) is 17.8. The van der Waals surface area contributed by atoms with Crippen molar-refractivity contribution in [2.75, 3.05) is 14.2 Å². The van der Waals surface area contributed by atoms with Gasteiger partial charge >= 0.3 is 0 Å². The fourth-order valence-corrected chi connectivity index (χ4v) is 3.94. The lowest BCUT2D eigenvalue weighted by molar-refractivity contribution is 0.0998. The van der Waals surface area contributed by atoms with Crippen LogP contribution in [0.3, 0.4) is 0 Å². The van der Waals surface area contributed by atoms with E-state index in [1.54, 1.807) is 32.4 Å². The summed E-state index contributed by atoms with van der Waals surface area (Å²) in [4.78, 5) is 17.2. The van der Waals surface area contributed by atoms with Gasteiger partial charge in [0.1, 0.15) is 0 Å². The van der Waals surface area contributed by atoms with Gasteiger partial charge in [0.15, 0.2) is 16.3 Å². The van der Waals surface area contributed by atoms with E-state index in [2.05, 4.69) is 4.99 Å². The summed E-state index contributed by atoms with van der Waals surface area (Å²) in [6.07, 6.45) is 0. The smallest absolute Gasteiger partial charge is 0.279 e. The van der Waals surface area contributed by atoms with Gasteiger partial charge in [-0.3, -0.25) is 4.79 Å². The Morgan fingerprint density at radius 1 is 1.04 bits per heavy atom. The Bertz CT molecular complexity index is 1020. The van der Waals surface area contributed by atoms with Crippen molar-refractivity contribution in [3.8, 4) is 11.5 Å². The lowest BCUT2D eigenvalue weighted by Gasteiger charge is -2.07. The maximum atomic E-state index is 12.5. The van der Waals surface area contributed by atoms with Gasteiger partial charge in [-0.15, -0.1) is 0 Å². The second-order valence-corrected chi connectivity index (χ2v) is 7.08. The van der Waals surface area contributed by atoms with Gasteiger partial charge in [0.25, 0.3) is 5.91 Å². The molecule has 130 valence electrons. The van der Waals surface area contributed by atoms with Gasteiger partial charge < -0.3 is 14.0 Å². The summed E-state index contributed by atoms with van der Waals surface area (Å²) in [5.74, 6) is 0.824. The van der Waals surface area contributed by atoms with Crippen LogP contribution in [-0.4, -0.2) is 24.7 Å². The van der Waals surface area contributed by atoms with Crippen molar-refractivity contribution < 1.29 is 14.3 Å². The van der Waals surface area contributed by atoms with E-state index in [9.17, 15) is 4.79 Å². The van der Waals surface area contributed by atoms with Crippen molar-refractivity contribution >= 4 is 50.7 Å². The number of aryl methyl sites for hydroxylation is 1. The van der Waals surface area contributed by atoms with Crippen molar-refractivity contribution in [1.82, 2.24) is 4.57 Å². The van der Waals surface area contributed by atoms with Crippen molar-refractivity contribution in [3.05, 3.63) is 50.7 Å². The lowest BCUT2D eigenvalue weighted by atomic mass is 10.2. The predicted octanol–water partition coefficient (Wildman–Crippen LogP) is 4.30. The summed E-state index contributed by atoms with van der Waals surface area (Å²) < 4.78 is 13.4. The Kier molecular flexibility index (Phi) is 5.03. The summed E-state index contributed by atoms with van der Waals surface area (Å²) in [5.41, 5.74) is 1.23. The van der Waals surface area contributed by atoms with Crippen molar-refractivity contribution in [2.24, 2.45) is 12.0 Å². The number of amides is 1. The second kappa shape index (κ2) is 7.07. The van der Waals surface area contributed by atoms with Crippen LogP contribution in [0, 0.1) is 0 Å². The minimum Gasteiger partial charge on any atom is -0.493 e. The molecule has 0 N–H and O–H groups in total. The topological polar surface area (TPSA) is 52.8 Å². The highest BCUT2D eigenvalue weighted by molar-refractivity contribution is 7.16. The number of hydrogen-bond donors (Lipinski definition) is 0. The number of hydrogen-bond acceptors (Lipinski definition) is 4. The van der Waals surface area contributed by atoms with Crippen LogP contribution in [0.15, 0.2) is 35.3 Å². The number of methoxy groups -OCH3 is 2. The molecule has 3 aromatic rings. The summed E-state index contributed by atoms with van der Waals surface area (Å²) in [6, 6.07) is 8.36. The third-order valence-electron chi connectivity index (χ3n) is 3.62. The van der Waals surface area contributed by atoms with E-state index < -0.39 is 5.91 Å².